The smallest absolute Gasteiger partial charge is 0.325 e. The van der Waals surface area contributed by atoms with E-state index < -0.39 is 30.9 Å². The van der Waals surface area contributed by atoms with Gasteiger partial charge in [0.2, 0.25) is 5.91 Å². The Hall–Kier alpha value is -3.88. The molecule has 9 nitrogen and oxygen atoms in total. The summed E-state index contributed by atoms with van der Waals surface area (Å²) in [7, 11) is 1.43. The average molecular weight is 441 g/mol. The summed E-state index contributed by atoms with van der Waals surface area (Å²) in [5.41, 5.74) is 2.53. The Morgan fingerprint density at radius 1 is 0.875 bits per heavy atom. The number of benzene rings is 2. The Balaban J connectivity index is 1.66. The van der Waals surface area contributed by atoms with Gasteiger partial charge in [-0.3, -0.25) is 19.2 Å². The van der Waals surface area contributed by atoms with Gasteiger partial charge >= 0.3 is 5.97 Å². The molecular weight excluding hydrogens is 414 g/mol. The number of carbonyl (C=O) groups excluding carboxylic acids is 4. The lowest BCUT2D eigenvalue weighted by atomic mass is 10.1. The molecule has 0 fully saturated rings. The minimum Gasteiger partial charge on any atom is -0.484 e. The summed E-state index contributed by atoms with van der Waals surface area (Å²) in [6.45, 7) is 2.36. The number of anilines is 1. The van der Waals surface area contributed by atoms with Crippen LogP contribution in [0.25, 0.3) is 0 Å². The van der Waals surface area contributed by atoms with Crippen molar-refractivity contribution in [2.45, 2.75) is 13.8 Å². The van der Waals surface area contributed by atoms with Gasteiger partial charge in [0.15, 0.2) is 13.2 Å². The lowest BCUT2D eigenvalue weighted by molar-refractivity contribution is -0.151. The molecule has 0 spiro atoms. The quantitative estimate of drug-likeness (QED) is 0.540. The van der Waals surface area contributed by atoms with Gasteiger partial charge in [-0.15, -0.1) is 0 Å². The second-order valence-corrected chi connectivity index (χ2v) is 7.10. The zero-order valence-corrected chi connectivity index (χ0v) is 18.3. The molecule has 0 aliphatic rings. The van der Waals surface area contributed by atoms with Crippen LogP contribution in [0.4, 0.5) is 5.69 Å². The van der Waals surface area contributed by atoms with Crippen LogP contribution in [0.3, 0.4) is 0 Å². The lowest BCUT2D eigenvalue weighted by Crippen LogP contribution is -2.39. The van der Waals surface area contributed by atoms with Crippen LogP contribution in [0.2, 0.25) is 0 Å². The van der Waals surface area contributed by atoms with Gasteiger partial charge in [0.1, 0.15) is 12.3 Å². The molecule has 2 aromatic rings. The molecule has 170 valence electrons. The van der Waals surface area contributed by atoms with Crippen LogP contribution >= 0.6 is 0 Å². The van der Waals surface area contributed by atoms with Crippen molar-refractivity contribution < 1.29 is 28.7 Å². The molecular formula is C23H27N3O6. The van der Waals surface area contributed by atoms with Gasteiger partial charge in [-0.2, -0.15) is 0 Å². The number of rotatable bonds is 10. The molecule has 3 amide bonds. The maximum absolute atomic E-state index is 12.2. The number of ether oxygens (including phenoxy) is 2. The highest BCUT2D eigenvalue weighted by atomic mass is 16.5. The van der Waals surface area contributed by atoms with Gasteiger partial charge in [0, 0.05) is 12.7 Å². The van der Waals surface area contributed by atoms with Crippen molar-refractivity contribution in [1.82, 2.24) is 10.2 Å². The molecule has 0 bridgehead atoms. The number of amides is 3. The monoisotopic (exact) mass is 441 g/mol. The van der Waals surface area contributed by atoms with Gasteiger partial charge in [0.05, 0.1) is 6.54 Å². The molecule has 0 unspecified atom stereocenters. The largest absolute Gasteiger partial charge is 0.484 e. The fraction of sp³-hybridized carbons (Fsp3) is 0.304. The summed E-state index contributed by atoms with van der Waals surface area (Å²) in [5.74, 6) is -1.67. The highest BCUT2D eigenvalue weighted by Crippen LogP contribution is 2.19. The SMILES string of the molecule is Cc1cccc(C)c1NC(=O)CN(C)C(=O)COC(=O)CNC(=O)COc1ccccc1. The molecule has 0 saturated heterocycles. The first kappa shape index (κ1) is 24.4. The molecule has 2 N–H and O–H groups in total. The van der Waals surface area contributed by atoms with Crippen molar-refractivity contribution in [1.29, 1.82) is 0 Å². The van der Waals surface area contributed by atoms with E-state index >= 15 is 0 Å². The number of nitrogens with zero attached hydrogens (tertiary/aromatic N) is 1. The number of likely N-dealkylation sites (N-methyl/N-ethyl adjacent to an activating group) is 1. The number of hydrogen-bond donors (Lipinski definition) is 2. The van der Waals surface area contributed by atoms with Gasteiger partial charge in [-0.05, 0) is 37.1 Å². The molecule has 0 aliphatic carbocycles. The third-order valence-electron chi connectivity index (χ3n) is 4.45. The van der Waals surface area contributed by atoms with E-state index in [-0.39, 0.29) is 19.1 Å². The number of aryl methyl sites for hydroxylation is 2. The molecule has 2 aromatic carbocycles. The Labute approximate surface area is 186 Å². The van der Waals surface area contributed by atoms with Crippen molar-refractivity contribution in [2.75, 3.05) is 38.7 Å². The Morgan fingerprint density at radius 3 is 2.19 bits per heavy atom. The minimum absolute atomic E-state index is 0.197. The number of nitrogens with one attached hydrogen (secondary N) is 2. The maximum Gasteiger partial charge on any atom is 0.325 e. The molecule has 0 radical (unpaired) electrons. The molecule has 0 aromatic heterocycles. The lowest BCUT2D eigenvalue weighted by Gasteiger charge is -2.18. The van der Waals surface area contributed by atoms with Crippen molar-refractivity contribution in [3.8, 4) is 5.75 Å². The van der Waals surface area contributed by atoms with Gasteiger partial charge in [-0.1, -0.05) is 36.4 Å². The van der Waals surface area contributed by atoms with Gasteiger partial charge < -0.3 is 25.0 Å². The van der Waals surface area contributed by atoms with E-state index in [2.05, 4.69) is 10.6 Å². The van der Waals surface area contributed by atoms with Crippen LogP contribution in [0.1, 0.15) is 11.1 Å². The van der Waals surface area contributed by atoms with Crippen LogP contribution in [0.5, 0.6) is 5.75 Å². The van der Waals surface area contributed by atoms with Crippen molar-refractivity contribution in [3.63, 3.8) is 0 Å². The van der Waals surface area contributed by atoms with E-state index in [1.165, 1.54) is 7.05 Å². The summed E-state index contributed by atoms with van der Waals surface area (Å²) in [5, 5.41) is 5.13. The van der Waals surface area contributed by atoms with Crippen molar-refractivity contribution in [2.24, 2.45) is 0 Å². The molecule has 0 aliphatic heterocycles. The third kappa shape index (κ3) is 8.10. The highest BCUT2D eigenvalue weighted by Gasteiger charge is 2.16. The maximum atomic E-state index is 12.2. The van der Waals surface area contributed by atoms with Crippen LogP contribution in [0, 0.1) is 13.8 Å². The fourth-order valence-electron chi connectivity index (χ4n) is 2.69. The predicted octanol–water partition coefficient (Wildman–Crippen LogP) is 1.44. The fourth-order valence-corrected chi connectivity index (χ4v) is 2.69. The zero-order valence-electron chi connectivity index (χ0n) is 18.3. The van der Waals surface area contributed by atoms with E-state index in [0.717, 1.165) is 16.0 Å². The minimum atomic E-state index is -0.778. The summed E-state index contributed by atoms with van der Waals surface area (Å²) in [6, 6.07) is 14.4. The molecule has 2 rings (SSSR count). The summed E-state index contributed by atoms with van der Waals surface area (Å²) in [4.78, 5) is 49.0. The zero-order chi connectivity index (χ0) is 23.5. The first-order valence-electron chi connectivity index (χ1n) is 9.96. The Bertz CT molecular complexity index is 941. The predicted molar refractivity (Wildman–Crippen MR) is 118 cm³/mol. The van der Waals surface area contributed by atoms with Crippen LogP contribution in [-0.4, -0.2) is 61.9 Å². The van der Waals surface area contributed by atoms with Crippen LogP contribution in [0.15, 0.2) is 48.5 Å². The van der Waals surface area contributed by atoms with E-state index in [4.69, 9.17) is 9.47 Å². The summed E-state index contributed by atoms with van der Waals surface area (Å²) in [6.07, 6.45) is 0. The standard InChI is InChI=1S/C23H27N3O6/c1-16-8-7-9-17(2)23(16)25-19(27)13-26(3)21(29)15-32-22(30)12-24-20(28)14-31-18-10-5-4-6-11-18/h4-11H,12-15H2,1-3H3,(H,24,28)(H,25,27). The van der Waals surface area contributed by atoms with Gasteiger partial charge in [0.25, 0.3) is 11.8 Å². The van der Waals surface area contributed by atoms with Crippen molar-refractivity contribution >= 4 is 29.4 Å². The number of esters is 1. The Morgan fingerprint density at radius 2 is 1.53 bits per heavy atom. The molecule has 9 heteroatoms. The molecule has 32 heavy (non-hydrogen) atoms. The average Bonchev–Trinajstić information content (AvgIpc) is 2.77. The normalized spacial score (nSPS) is 10.1. The van der Waals surface area contributed by atoms with Crippen molar-refractivity contribution in [3.05, 3.63) is 59.7 Å². The Kier molecular flexibility index (Phi) is 9.22. The van der Waals surface area contributed by atoms with Crippen LogP contribution in [-0.2, 0) is 23.9 Å². The molecule has 0 saturated carbocycles. The molecule has 0 atom stereocenters. The second kappa shape index (κ2) is 12.1. The van der Waals surface area contributed by atoms with E-state index in [1.54, 1.807) is 24.3 Å². The second-order valence-electron chi connectivity index (χ2n) is 7.10. The van der Waals surface area contributed by atoms with Gasteiger partial charge in [-0.25, -0.2) is 0 Å². The number of hydrogen-bond acceptors (Lipinski definition) is 6. The van der Waals surface area contributed by atoms with E-state index in [0.29, 0.717) is 11.4 Å². The highest BCUT2D eigenvalue weighted by molar-refractivity contribution is 5.96. The molecule has 0 heterocycles. The summed E-state index contributed by atoms with van der Waals surface area (Å²) < 4.78 is 10.1. The first-order chi connectivity index (χ1) is 15.3. The third-order valence-corrected chi connectivity index (χ3v) is 4.45. The van der Waals surface area contributed by atoms with Crippen LogP contribution < -0.4 is 15.4 Å². The van der Waals surface area contributed by atoms with E-state index in [1.807, 2.05) is 38.1 Å². The summed E-state index contributed by atoms with van der Waals surface area (Å²) >= 11 is 0. The number of para-hydroxylation sites is 2. The van der Waals surface area contributed by atoms with E-state index in [9.17, 15) is 19.2 Å². The first-order valence-corrected chi connectivity index (χ1v) is 9.96. The topological polar surface area (TPSA) is 114 Å². The number of carbonyl (C=O) groups is 4.